The number of allylic oxidation sites excluding steroid dienone is 2. The zero-order chi connectivity index (χ0) is 14.8. The van der Waals surface area contributed by atoms with Crippen molar-refractivity contribution in [3.8, 4) is 0 Å². The highest BCUT2D eigenvalue weighted by atomic mass is 32.2. The molecule has 0 bridgehead atoms. The van der Waals surface area contributed by atoms with Gasteiger partial charge in [-0.05, 0) is 12.2 Å². The lowest BCUT2D eigenvalue weighted by Crippen LogP contribution is -2.38. The molecule has 6 nitrogen and oxygen atoms in total. The summed E-state index contributed by atoms with van der Waals surface area (Å²) in [6.45, 7) is 0.308. The van der Waals surface area contributed by atoms with Crippen molar-refractivity contribution in [2.75, 3.05) is 6.54 Å². The number of carbonyl (C=O) groups excluding carboxylic acids is 3. The monoisotopic (exact) mass is 314 g/mol. The fourth-order valence-corrected chi connectivity index (χ4v) is 2.31. The third-order valence-corrected chi connectivity index (χ3v) is 3.69. The molecule has 2 heterocycles. The summed E-state index contributed by atoms with van der Waals surface area (Å²) in [4.78, 5) is 40.8. The number of amides is 2. The Labute approximate surface area is 127 Å². The van der Waals surface area contributed by atoms with Crippen LogP contribution in [0.1, 0.15) is 19.3 Å². The molecule has 0 radical (unpaired) electrons. The smallest absolute Gasteiger partial charge is 0.334 e. The fourth-order valence-electron chi connectivity index (χ4n) is 1.80. The van der Waals surface area contributed by atoms with Crippen LogP contribution in [0.25, 0.3) is 0 Å². The molecule has 1 fully saturated rings. The molecular formula is C12H14N2O4S2. The van der Waals surface area contributed by atoms with Crippen molar-refractivity contribution in [3.05, 3.63) is 24.4 Å². The maximum absolute atomic E-state index is 11.7. The van der Waals surface area contributed by atoms with Crippen LogP contribution in [0, 0.1) is 0 Å². The highest BCUT2D eigenvalue weighted by Crippen LogP contribution is 2.29. The van der Waals surface area contributed by atoms with Crippen LogP contribution in [0.5, 0.6) is 0 Å². The first-order valence-corrected chi connectivity index (χ1v) is 6.94. The molecule has 2 aliphatic rings. The molecule has 0 saturated carbocycles. The zero-order valence-corrected chi connectivity index (χ0v) is 12.3. The van der Waals surface area contributed by atoms with E-state index in [1.165, 1.54) is 0 Å². The molecule has 0 atom stereocenters. The van der Waals surface area contributed by atoms with Crippen molar-refractivity contribution >= 4 is 43.0 Å². The van der Waals surface area contributed by atoms with E-state index in [9.17, 15) is 14.4 Å². The second kappa shape index (κ2) is 5.92. The van der Waals surface area contributed by atoms with Gasteiger partial charge in [0.2, 0.25) is 0 Å². The molecule has 108 valence electrons. The van der Waals surface area contributed by atoms with Crippen LogP contribution >= 0.6 is 25.3 Å². The van der Waals surface area contributed by atoms with Crippen molar-refractivity contribution in [1.82, 2.24) is 9.96 Å². The van der Waals surface area contributed by atoms with Crippen molar-refractivity contribution in [2.45, 2.75) is 23.5 Å². The third-order valence-electron chi connectivity index (χ3n) is 2.88. The highest BCUT2D eigenvalue weighted by Gasteiger charge is 2.33. The Morgan fingerprint density at radius 1 is 1.25 bits per heavy atom. The van der Waals surface area contributed by atoms with Gasteiger partial charge >= 0.3 is 5.97 Å². The van der Waals surface area contributed by atoms with Crippen LogP contribution in [-0.4, -0.2) is 38.5 Å². The van der Waals surface area contributed by atoms with Crippen LogP contribution in [0.15, 0.2) is 24.4 Å². The first-order valence-electron chi connectivity index (χ1n) is 6.04. The van der Waals surface area contributed by atoms with E-state index in [0.29, 0.717) is 11.6 Å². The minimum absolute atomic E-state index is 0.0120. The predicted molar refractivity (Wildman–Crippen MR) is 77.5 cm³/mol. The Kier molecular flexibility index (Phi) is 4.44. The van der Waals surface area contributed by atoms with E-state index in [1.54, 1.807) is 29.3 Å². The maximum Gasteiger partial charge on any atom is 0.334 e. The lowest BCUT2D eigenvalue weighted by atomic mass is 10.3. The summed E-state index contributed by atoms with van der Waals surface area (Å²) in [6, 6.07) is 0. The summed E-state index contributed by atoms with van der Waals surface area (Å²) < 4.78 is -0.783. The Hall–Kier alpha value is -1.41. The lowest BCUT2D eigenvalue weighted by molar-refractivity contribution is -0.197. The van der Waals surface area contributed by atoms with E-state index in [4.69, 9.17) is 4.84 Å². The molecule has 1 saturated heterocycles. The molecule has 8 heteroatoms. The number of hydroxylamine groups is 2. The minimum atomic E-state index is -0.783. The molecule has 0 aromatic heterocycles. The van der Waals surface area contributed by atoms with E-state index >= 15 is 0 Å². The van der Waals surface area contributed by atoms with E-state index in [-0.39, 0.29) is 19.3 Å². The number of rotatable bonds is 4. The Morgan fingerprint density at radius 3 is 2.50 bits per heavy atom. The van der Waals surface area contributed by atoms with Gasteiger partial charge in [0.15, 0.2) is 0 Å². The molecule has 0 N–H and O–H groups in total. The van der Waals surface area contributed by atoms with Crippen molar-refractivity contribution in [2.24, 2.45) is 0 Å². The van der Waals surface area contributed by atoms with Gasteiger partial charge in [0, 0.05) is 25.6 Å². The molecule has 2 aliphatic heterocycles. The molecule has 2 amide bonds. The van der Waals surface area contributed by atoms with Gasteiger partial charge in [-0.1, -0.05) is 6.08 Å². The van der Waals surface area contributed by atoms with Gasteiger partial charge in [-0.15, -0.1) is 30.3 Å². The molecule has 0 spiro atoms. The first-order chi connectivity index (χ1) is 9.40. The molecular weight excluding hydrogens is 300 g/mol. The average molecular weight is 314 g/mol. The minimum Gasteiger partial charge on any atom is -0.351 e. The van der Waals surface area contributed by atoms with Crippen LogP contribution in [0.4, 0.5) is 0 Å². The van der Waals surface area contributed by atoms with Crippen LogP contribution in [0.3, 0.4) is 0 Å². The number of hydrogen-bond acceptors (Lipinski definition) is 7. The van der Waals surface area contributed by atoms with Gasteiger partial charge in [0.05, 0.1) is 6.42 Å². The van der Waals surface area contributed by atoms with Crippen molar-refractivity contribution in [1.29, 1.82) is 0 Å². The Bertz CT molecular complexity index is 486. The van der Waals surface area contributed by atoms with Gasteiger partial charge in [-0.25, -0.2) is 4.79 Å². The molecule has 0 aromatic rings. The topological polar surface area (TPSA) is 66.9 Å². The number of carbonyl (C=O) groups is 3. The standard InChI is InChI=1S/C12H14N2O4S2/c15-9-3-4-10(16)14(9)18-11(17)5-8-13-7-2-1-6-12(13,19)20/h1-2,6-7,19-20H,3-5,8H2. The number of imide groups is 1. The summed E-state index contributed by atoms with van der Waals surface area (Å²) in [5.74, 6) is -1.61. The number of thiol groups is 2. The van der Waals surface area contributed by atoms with Crippen LogP contribution < -0.4 is 0 Å². The largest absolute Gasteiger partial charge is 0.351 e. The highest BCUT2D eigenvalue weighted by molar-refractivity contribution is 8.00. The Balaban J connectivity index is 1.84. The van der Waals surface area contributed by atoms with E-state index in [2.05, 4.69) is 25.3 Å². The van der Waals surface area contributed by atoms with Gasteiger partial charge in [0.25, 0.3) is 11.8 Å². The number of hydrogen-bond donors (Lipinski definition) is 2. The van der Waals surface area contributed by atoms with Crippen molar-refractivity contribution < 1.29 is 19.2 Å². The molecule has 0 unspecified atom stereocenters. The molecule has 2 rings (SSSR count). The summed E-state index contributed by atoms with van der Waals surface area (Å²) in [5, 5.41) is 0.545. The summed E-state index contributed by atoms with van der Waals surface area (Å²) in [6.07, 6.45) is 7.29. The lowest BCUT2D eigenvalue weighted by Gasteiger charge is -2.35. The van der Waals surface area contributed by atoms with Gasteiger partial charge < -0.3 is 9.74 Å². The van der Waals surface area contributed by atoms with E-state index < -0.39 is 22.0 Å². The molecule has 0 aliphatic carbocycles. The van der Waals surface area contributed by atoms with Gasteiger partial charge in [-0.3, -0.25) is 9.59 Å². The maximum atomic E-state index is 11.7. The zero-order valence-electron chi connectivity index (χ0n) is 10.6. The summed E-state index contributed by atoms with van der Waals surface area (Å²) in [7, 11) is 0. The normalized spacial score (nSPS) is 20.7. The van der Waals surface area contributed by atoms with Crippen molar-refractivity contribution in [3.63, 3.8) is 0 Å². The average Bonchev–Trinajstić information content (AvgIpc) is 2.69. The predicted octanol–water partition coefficient (Wildman–Crippen LogP) is 0.883. The SMILES string of the molecule is O=C(CCN1C=CC=CC1(S)S)ON1C(=O)CCC1=O. The van der Waals surface area contributed by atoms with E-state index in [1.807, 2.05) is 0 Å². The third kappa shape index (κ3) is 3.37. The fraction of sp³-hybridized carbons (Fsp3) is 0.417. The molecule has 0 aromatic carbocycles. The summed E-state index contributed by atoms with van der Waals surface area (Å²) >= 11 is 8.68. The second-order valence-electron chi connectivity index (χ2n) is 4.38. The summed E-state index contributed by atoms with van der Waals surface area (Å²) in [5.41, 5.74) is 0. The van der Waals surface area contributed by atoms with Crippen LogP contribution in [0.2, 0.25) is 0 Å². The van der Waals surface area contributed by atoms with Gasteiger partial charge in [-0.2, -0.15) is 0 Å². The van der Waals surface area contributed by atoms with Gasteiger partial charge in [0.1, 0.15) is 4.20 Å². The van der Waals surface area contributed by atoms with Crippen LogP contribution in [-0.2, 0) is 19.2 Å². The molecule has 20 heavy (non-hydrogen) atoms. The second-order valence-corrected chi connectivity index (χ2v) is 6.09. The quantitative estimate of drug-likeness (QED) is 0.458. The number of nitrogens with zero attached hydrogens (tertiary/aromatic N) is 2. The first kappa shape index (κ1) is 15.0. The van der Waals surface area contributed by atoms with E-state index in [0.717, 1.165) is 0 Å². The Morgan fingerprint density at radius 2 is 1.90 bits per heavy atom.